The fourth-order valence-electron chi connectivity index (χ4n) is 3.95. The van der Waals surface area contributed by atoms with Crippen molar-refractivity contribution in [1.82, 2.24) is 4.98 Å². The third-order valence-electron chi connectivity index (χ3n) is 5.52. The van der Waals surface area contributed by atoms with Crippen molar-refractivity contribution in [2.75, 3.05) is 16.8 Å². The third-order valence-corrected chi connectivity index (χ3v) is 5.52. The molecule has 2 amide bonds. The van der Waals surface area contributed by atoms with Crippen LogP contribution in [0.2, 0.25) is 0 Å². The van der Waals surface area contributed by atoms with Gasteiger partial charge in [0.2, 0.25) is 11.8 Å². The van der Waals surface area contributed by atoms with Crippen LogP contribution in [0.4, 0.5) is 11.4 Å². The summed E-state index contributed by atoms with van der Waals surface area (Å²) in [6.45, 7) is 5.14. The van der Waals surface area contributed by atoms with Crippen LogP contribution in [-0.2, 0) is 22.4 Å². The SMILES string of the molecule is CC(C)Cc1ccc(-c2cnc(CCC(=O)Nc3cccc(N4CCCC4=O)c3)o2)cc1. The van der Waals surface area contributed by atoms with Crippen LogP contribution in [0.5, 0.6) is 0 Å². The van der Waals surface area contributed by atoms with Gasteiger partial charge in [-0.3, -0.25) is 9.59 Å². The van der Waals surface area contributed by atoms with Gasteiger partial charge in [-0.15, -0.1) is 0 Å². The van der Waals surface area contributed by atoms with Crippen molar-refractivity contribution in [3.63, 3.8) is 0 Å². The van der Waals surface area contributed by atoms with E-state index in [9.17, 15) is 9.59 Å². The summed E-state index contributed by atoms with van der Waals surface area (Å²) < 4.78 is 5.85. The molecule has 0 saturated carbocycles. The molecule has 0 radical (unpaired) electrons. The molecular weight excluding hydrogens is 402 g/mol. The van der Waals surface area contributed by atoms with Gasteiger partial charge >= 0.3 is 0 Å². The summed E-state index contributed by atoms with van der Waals surface area (Å²) in [5.41, 5.74) is 3.79. The Bertz CT molecular complexity index is 1090. The summed E-state index contributed by atoms with van der Waals surface area (Å²) in [6.07, 6.45) is 4.89. The van der Waals surface area contributed by atoms with Crippen LogP contribution in [0.15, 0.2) is 59.1 Å². The molecule has 166 valence electrons. The molecule has 1 aliphatic rings. The van der Waals surface area contributed by atoms with Gasteiger partial charge in [0.15, 0.2) is 11.7 Å². The Morgan fingerprint density at radius 1 is 1.19 bits per heavy atom. The lowest BCUT2D eigenvalue weighted by Crippen LogP contribution is -2.23. The van der Waals surface area contributed by atoms with Gasteiger partial charge in [0.25, 0.3) is 0 Å². The van der Waals surface area contributed by atoms with Gasteiger partial charge in [-0.2, -0.15) is 0 Å². The number of anilines is 2. The van der Waals surface area contributed by atoms with Crippen LogP contribution in [0, 0.1) is 5.92 Å². The molecule has 32 heavy (non-hydrogen) atoms. The van der Waals surface area contributed by atoms with Crippen molar-refractivity contribution in [3.05, 3.63) is 66.2 Å². The van der Waals surface area contributed by atoms with Gasteiger partial charge in [-0.1, -0.05) is 44.2 Å². The predicted molar refractivity (Wildman–Crippen MR) is 125 cm³/mol. The molecule has 1 aliphatic heterocycles. The Morgan fingerprint density at radius 2 is 2.00 bits per heavy atom. The molecule has 0 unspecified atom stereocenters. The lowest BCUT2D eigenvalue weighted by Gasteiger charge is -2.16. The molecule has 0 atom stereocenters. The molecule has 2 heterocycles. The highest BCUT2D eigenvalue weighted by atomic mass is 16.4. The van der Waals surface area contributed by atoms with E-state index < -0.39 is 0 Å². The van der Waals surface area contributed by atoms with Crippen molar-refractivity contribution in [1.29, 1.82) is 0 Å². The highest BCUT2D eigenvalue weighted by molar-refractivity contribution is 5.97. The van der Waals surface area contributed by atoms with E-state index in [4.69, 9.17) is 4.42 Å². The molecule has 1 N–H and O–H groups in total. The monoisotopic (exact) mass is 431 g/mol. The summed E-state index contributed by atoms with van der Waals surface area (Å²) in [5, 5.41) is 2.90. The normalized spacial score (nSPS) is 13.7. The van der Waals surface area contributed by atoms with Gasteiger partial charge in [0.05, 0.1) is 6.20 Å². The van der Waals surface area contributed by atoms with E-state index in [1.54, 1.807) is 11.1 Å². The van der Waals surface area contributed by atoms with Crippen molar-refractivity contribution in [2.24, 2.45) is 5.92 Å². The molecule has 0 bridgehead atoms. The highest BCUT2D eigenvalue weighted by Crippen LogP contribution is 2.25. The molecule has 1 saturated heterocycles. The van der Waals surface area contributed by atoms with Crippen molar-refractivity contribution in [3.8, 4) is 11.3 Å². The van der Waals surface area contributed by atoms with Crippen molar-refractivity contribution in [2.45, 2.75) is 46.0 Å². The van der Waals surface area contributed by atoms with Crippen LogP contribution in [0.25, 0.3) is 11.3 Å². The van der Waals surface area contributed by atoms with E-state index in [0.29, 0.717) is 36.1 Å². The number of carbonyl (C=O) groups excluding carboxylic acids is 2. The number of aryl methyl sites for hydroxylation is 1. The number of aromatic nitrogens is 1. The molecule has 2 aromatic carbocycles. The number of benzene rings is 2. The Hall–Kier alpha value is -3.41. The smallest absolute Gasteiger partial charge is 0.227 e. The van der Waals surface area contributed by atoms with Crippen molar-refractivity contribution < 1.29 is 14.0 Å². The summed E-state index contributed by atoms with van der Waals surface area (Å²) in [5.74, 6) is 1.88. The second kappa shape index (κ2) is 9.81. The zero-order valence-electron chi connectivity index (χ0n) is 18.6. The van der Waals surface area contributed by atoms with E-state index in [1.165, 1.54) is 5.56 Å². The van der Waals surface area contributed by atoms with Crippen molar-refractivity contribution >= 4 is 23.2 Å². The number of hydrogen-bond acceptors (Lipinski definition) is 4. The Labute approximate surface area is 188 Å². The molecule has 0 spiro atoms. The maximum atomic E-state index is 12.4. The standard InChI is InChI=1S/C26H29N3O3/c1-18(2)15-19-8-10-20(11-9-19)23-17-27-25(32-23)13-12-24(30)28-21-5-3-6-22(16-21)29-14-4-7-26(29)31/h3,5-6,8-11,16-18H,4,7,12-15H2,1-2H3,(H,28,30). The van der Waals surface area contributed by atoms with E-state index in [1.807, 2.05) is 36.4 Å². The van der Waals surface area contributed by atoms with Gasteiger partial charge < -0.3 is 14.6 Å². The highest BCUT2D eigenvalue weighted by Gasteiger charge is 2.21. The molecule has 4 rings (SSSR count). The van der Waals surface area contributed by atoms with E-state index in [2.05, 4.69) is 36.3 Å². The van der Waals surface area contributed by atoms with Crippen LogP contribution in [-0.4, -0.2) is 23.3 Å². The number of hydrogen-bond donors (Lipinski definition) is 1. The zero-order chi connectivity index (χ0) is 22.5. The maximum absolute atomic E-state index is 12.4. The van der Waals surface area contributed by atoms with Gasteiger partial charge in [-0.25, -0.2) is 4.98 Å². The summed E-state index contributed by atoms with van der Waals surface area (Å²) in [7, 11) is 0. The minimum atomic E-state index is -0.118. The van der Waals surface area contributed by atoms with Crippen LogP contribution >= 0.6 is 0 Å². The first-order valence-corrected chi connectivity index (χ1v) is 11.2. The number of rotatable bonds is 8. The number of nitrogens with one attached hydrogen (secondary N) is 1. The second-order valence-corrected chi connectivity index (χ2v) is 8.66. The molecule has 6 heteroatoms. The molecule has 0 aliphatic carbocycles. The minimum Gasteiger partial charge on any atom is -0.441 e. The zero-order valence-corrected chi connectivity index (χ0v) is 18.6. The number of carbonyl (C=O) groups is 2. The lowest BCUT2D eigenvalue weighted by molar-refractivity contribution is -0.117. The summed E-state index contributed by atoms with van der Waals surface area (Å²) in [4.78, 5) is 30.5. The lowest BCUT2D eigenvalue weighted by atomic mass is 10.0. The average molecular weight is 432 g/mol. The average Bonchev–Trinajstić information content (AvgIpc) is 3.42. The van der Waals surface area contributed by atoms with Gasteiger partial charge in [0, 0.05) is 42.7 Å². The van der Waals surface area contributed by atoms with Crippen LogP contribution in [0.1, 0.15) is 44.6 Å². The summed E-state index contributed by atoms with van der Waals surface area (Å²) >= 11 is 0. The first kappa shape index (κ1) is 21.8. The van der Waals surface area contributed by atoms with E-state index >= 15 is 0 Å². The first-order chi connectivity index (χ1) is 15.5. The van der Waals surface area contributed by atoms with E-state index in [-0.39, 0.29) is 18.2 Å². The van der Waals surface area contributed by atoms with Gasteiger partial charge in [-0.05, 0) is 42.5 Å². The fraction of sp³-hybridized carbons (Fsp3) is 0.346. The number of nitrogens with zero attached hydrogens (tertiary/aromatic N) is 2. The maximum Gasteiger partial charge on any atom is 0.227 e. The van der Waals surface area contributed by atoms with Crippen LogP contribution < -0.4 is 10.2 Å². The molecule has 1 aromatic heterocycles. The largest absolute Gasteiger partial charge is 0.441 e. The van der Waals surface area contributed by atoms with E-state index in [0.717, 1.165) is 30.6 Å². The Balaban J connectivity index is 1.31. The second-order valence-electron chi connectivity index (χ2n) is 8.66. The molecule has 3 aromatic rings. The minimum absolute atomic E-state index is 0.118. The van der Waals surface area contributed by atoms with Crippen LogP contribution in [0.3, 0.4) is 0 Å². The quantitative estimate of drug-likeness (QED) is 0.529. The predicted octanol–water partition coefficient (Wildman–Crippen LogP) is 5.24. The molecule has 1 fully saturated rings. The Kier molecular flexibility index (Phi) is 6.69. The topological polar surface area (TPSA) is 75.4 Å². The number of oxazole rings is 1. The molecule has 6 nitrogen and oxygen atoms in total. The van der Waals surface area contributed by atoms with Gasteiger partial charge in [0.1, 0.15) is 0 Å². The first-order valence-electron chi connectivity index (χ1n) is 11.2. The molecular formula is C26H29N3O3. The summed E-state index contributed by atoms with van der Waals surface area (Å²) in [6, 6.07) is 15.7. The fourth-order valence-corrected chi connectivity index (χ4v) is 3.95. The third kappa shape index (κ3) is 5.44. The number of amides is 2. The Morgan fingerprint density at radius 3 is 2.72 bits per heavy atom.